The van der Waals surface area contributed by atoms with Crippen molar-refractivity contribution in [2.45, 2.75) is 6.92 Å². The van der Waals surface area contributed by atoms with Crippen LogP contribution in [0, 0.1) is 6.92 Å². The van der Waals surface area contributed by atoms with Crippen molar-refractivity contribution in [2.24, 2.45) is 0 Å². The Morgan fingerprint density at radius 2 is 2.15 bits per heavy atom. The highest BCUT2D eigenvalue weighted by Gasteiger charge is 2.04. The number of hydrogen-bond donors (Lipinski definition) is 0. The fourth-order valence-corrected chi connectivity index (χ4v) is 1.08. The van der Waals surface area contributed by atoms with Crippen LogP contribution in [0.2, 0.25) is 0 Å². The van der Waals surface area contributed by atoms with E-state index in [0.717, 1.165) is 5.56 Å². The topological polar surface area (TPSA) is 38.9 Å². The van der Waals surface area contributed by atoms with Gasteiger partial charge >= 0.3 is 0 Å². The van der Waals surface area contributed by atoms with Crippen LogP contribution in [-0.2, 0) is 0 Å². The van der Waals surface area contributed by atoms with Gasteiger partial charge in [-0.15, -0.1) is 10.2 Å². The third-order valence-corrected chi connectivity index (χ3v) is 1.66. The third kappa shape index (κ3) is 1.61. The van der Waals surface area contributed by atoms with Crippen molar-refractivity contribution in [3.8, 4) is 11.5 Å². The Kier molecular flexibility index (Phi) is 1.89. The molecule has 0 unspecified atom stereocenters. The van der Waals surface area contributed by atoms with Crippen molar-refractivity contribution in [1.82, 2.24) is 10.2 Å². The van der Waals surface area contributed by atoms with Crippen molar-refractivity contribution in [2.75, 3.05) is 0 Å². The van der Waals surface area contributed by atoms with E-state index in [1.807, 2.05) is 18.2 Å². The van der Waals surface area contributed by atoms with Gasteiger partial charge in [-0.25, -0.2) is 0 Å². The number of aromatic nitrogens is 2. The molecule has 0 amide bonds. The van der Waals surface area contributed by atoms with Crippen LogP contribution in [0.4, 0.5) is 0 Å². The van der Waals surface area contributed by atoms with E-state index in [1.165, 1.54) is 0 Å². The van der Waals surface area contributed by atoms with Crippen LogP contribution < -0.4 is 5.46 Å². The molecule has 0 fully saturated rings. The maximum Gasteiger partial charge on any atom is 0.247 e. The van der Waals surface area contributed by atoms with Crippen LogP contribution in [0.1, 0.15) is 5.89 Å². The van der Waals surface area contributed by atoms with Crippen LogP contribution in [0.25, 0.3) is 11.5 Å². The Labute approximate surface area is 77.2 Å². The van der Waals surface area contributed by atoms with E-state index >= 15 is 0 Å². The second kappa shape index (κ2) is 3.05. The standard InChI is InChI=1S/C9H7BN2O/c1-6-11-12-9(13-6)7-3-2-4-8(10)5-7/h2-5H,1H3. The summed E-state index contributed by atoms with van der Waals surface area (Å²) < 4.78 is 5.25. The highest BCUT2D eigenvalue weighted by atomic mass is 16.4. The Morgan fingerprint density at radius 1 is 1.31 bits per heavy atom. The van der Waals surface area contributed by atoms with E-state index in [2.05, 4.69) is 10.2 Å². The van der Waals surface area contributed by atoms with Gasteiger partial charge in [0.05, 0.1) is 0 Å². The summed E-state index contributed by atoms with van der Waals surface area (Å²) in [5.74, 6) is 1.06. The molecule has 1 aromatic heterocycles. The van der Waals surface area contributed by atoms with E-state index in [-0.39, 0.29) is 0 Å². The Hall–Kier alpha value is -1.58. The number of benzene rings is 1. The molecule has 0 aliphatic heterocycles. The first kappa shape index (κ1) is 8.04. The summed E-state index contributed by atoms with van der Waals surface area (Å²) in [4.78, 5) is 0. The van der Waals surface area contributed by atoms with Crippen molar-refractivity contribution in [3.05, 3.63) is 30.2 Å². The summed E-state index contributed by atoms with van der Waals surface area (Å²) in [6.07, 6.45) is 0. The normalized spacial score (nSPS) is 10.2. The number of rotatable bonds is 1. The summed E-state index contributed by atoms with van der Waals surface area (Å²) in [6.45, 7) is 1.75. The highest BCUT2D eigenvalue weighted by Crippen LogP contribution is 2.15. The molecule has 1 aromatic carbocycles. The van der Waals surface area contributed by atoms with Crippen molar-refractivity contribution < 1.29 is 4.42 Å². The van der Waals surface area contributed by atoms with E-state index in [9.17, 15) is 0 Å². The lowest BCUT2D eigenvalue weighted by Crippen LogP contribution is -2.00. The molecular weight excluding hydrogens is 163 g/mol. The minimum atomic E-state index is 0.504. The second-order valence-electron chi connectivity index (χ2n) is 2.75. The first-order chi connectivity index (χ1) is 6.25. The summed E-state index contributed by atoms with van der Waals surface area (Å²) in [7, 11) is 5.61. The zero-order valence-corrected chi connectivity index (χ0v) is 7.19. The molecule has 13 heavy (non-hydrogen) atoms. The maximum atomic E-state index is 5.61. The van der Waals surface area contributed by atoms with Crippen LogP contribution in [-0.4, -0.2) is 18.0 Å². The molecule has 1 heterocycles. The van der Waals surface area contributed by atoms with Gasteiger partial charge in [-0.1, -0.05) is 23.7 Å². The lowest BCUT2D eigenvalue weighted by Gasteiger charge is -1.95. The first-order valence-corrected chi connectivity index (χ1v) is 3.92. The number of nitrogens with zero attached hydrogens (tertiary/aromatic N) is 2. The summed E-state index contributed by atoms with van der Waals surface area (Å²) in [5, 5.41) is 7.62. The molecule has 0 bridgehead atoms. The lowest BCUT2D eigenvalue weighted by molar-refractivity contribution is 0.533. The van der Waals surface area contributed by atoms with Crippen molar-refractivity contribution in [3.63, 3.8) is 0 Å². The van der Waals surface area contributed by atoms with Gasteiger partial charge < -0.3 is 4.42 Å². The molecule has 2 rings (SSSR count). The van der Waals surface area contributed by atoms with Gasteiger partial charge in [0.2, 0.25) is 11.8 Å². The van der Waals surface area contributed by atoms with E-state index in [0.29, 0.717) is 17.2 Å². The minimum Gasteiger partial charge on any atom is -0.421 e. The molecule has 2 radical (unpaired) electrons. The van der Waals surface area contributed by atoms with E-state index in [4.69, 9.17) is 12.3 Å². The average Bonchev–Trinajstić information content (AvgIpc) is 2.52. The molecule has 2 aromatic rings. The molecule has 0 spiro atoms. The largest absolute Gasteiger partial charge is 0.421 e. The predicted octanol–water partition coefficient (Wildman–Crippen LogP) is 0.839. The van der Waals surface area contributed by atoms with Gasteiger partial charge in [0, 0.05) is 12.5 Å². The quantitative estimate of drug-likeness (QED) is 0.595. The van der Waals surface area contributed by atoms with Gasteiger partial charge in [0.25, 0.3) is 0 Å². The number of aryl methyl sites for hydroxylation is 1. The van der Waals surface area contributed by atoms with Gasteiger partial charge in [-0.05, 0) is 6.07 Å². The fourth-order valence-electron chi connectivity index (χ4n) is 1.08. The second-order valence-corrected chi connectivity index (χ2v) is 2.75. The lowest BCUT2D eigenvalue weighted by atomic mass is 9.94. The van der Waals surface area contributed by atoms with Crippen molar-refractivity contribution in [1.29, 1.82) is 0 Å². The summed E-state index contributed by atoms with van der Waals surface area (Å²) in [5.41, 5.74) is 1.54. The van der Waals surface area contributed by atoms with E-state index < -0.39 is 0 Å². The molecule has 0 N–H and O–H groups in total. The SMILES string of the molecule is [B]c1cccc(-c2nnc(C)o2)c1. The monoisotopic (exact) mass is 170 g/mol. The van der Waals surface area contributed by atoms with Crippen LogP contribution in [0.15, 0.2) is 28.7 Å². The summed E-state index contributed by atoms with van der Waals surface area (Å²) in [6, 6.07) is 7.34. The predicted molar refractivity (Wildman–Crippen MR) is 49.9 cm³/mol. The fraction of sp³-hybridized carbons (Fsp3) is 0.111. The third-order valence-electron chi connectivity index (χ3n) is 1.66. The molecule has 0 saturated carbocycles. The molecule has 0 aliphatic rings. The smallest absolute Gasteiger partial charge is 0.247 e. The van der Waals surface area contributed by atoms with Crippen LogP contribution >= 0.6 is 0 Å². The van der Waals surface area contributed by atoms with E-state index in [1.54, 1.807) is 13.0 Å². The Balaban J connectivity index is 2.46. The first-order valence-electron chi connectivity index (χ1n) is 3.92. The maximum absolute atomic E-state index is 5.61. The van der Waals surface area contributed by atoms with Gasteiger partial charge in [0.15, 0.2) is 0 Å². The van der Waals surface area contributed by atoms with Gasteiger partial charge in [-0.3, -0.25) is 0 Å². The van der Waals surface area contributed by atoms with Crippen LogP contribution in [0.3, 0.4) is 0 Å². The van der Waals surface area contributed by atoms with Gasteiger partial charge in [-0.2, -0.15) is 0 Å². The number of hydrogen-bond acceptors (Lipinski definition) is 3. The van der Waals surface area contributed by atoms with Crippen LogP contribution in [0.5, 0.6) is 0 Å². The molecule has 3 nitrogen and oxygen atoms in total. The highest BCUT2D eigenvalue weighted by molar-refractivity contribution is 6.32. The molecule has 0 saturated heterocycles. The molecule has 62 valence electrons. The average molecular weight is 170 g/mol. The molecular formula is C9H7BN2O. The Bertz CT molecular complexity index is 425. The van der Waals surface area contributed by atoms with Gasteiger partial charge in [0.1, 0.15) is 7.85 Å². The molecule has 0 aliphatic carbocycles. The Morgan fingerprint density at radius 3 is 2.77 bits per heavy atom. The molecule has 0 atom stereocenters. The summed E-state index contributed by atoms with van der Waals surface area (Å²) >= 11 is 0. The van der Waals surface area contributed by atoms with Crippen molar-refractivity contribution >= 4 is 13.3 Å². The zero-order valence-electron chi connectivity index (χ0n) is 7.19. The molecule has 4 heteroatoms. The zero-order chi connectivity index (χ0) is 9.26. The minimum absolute atomic E-state index is 0.504.